The second-order valence-corrected chi connectivity index (χ2v) is 9.00. The number of amides is 1. The smallest absolute Gasteiger partial charge is 0.422 e. The molecule has 3 aromatic rings. The Hall–Kier alpha value is -3.26. The number of hydrogen-bond donors (Lipinski definition) is 1. The molecule has 0 radical (unpaired) electrons. The van der Waals surface area contributed by atoms with Gasteiger partial charge in [-0.2, -0.15) is 13.2 Å². The molecule has 0 bridgehead atoms. The lowest BCUT2D eigenvalue weighted by Crippen LogP contribution is -2.41. The fourth-order valence-corrected chi connectivity index (χ4v) is 4.34. The molecule has 37 heavy (non-hydrogen) atoms. The fraction of sp³-hybridized carbons (Fsp3) is 0.478. The molecule has 2 aromatic heterocycles. The van der Waals surface area contributed by atoms with Gasteiger partial charge in [0.15, 0.2) is 0 Å². The number of pyridine rings is 1. The van der Waals surface area contributed by atoms with Gasteiger partial charge < -0.3 is 14.5 Å². The van der Waals surface area contributed by atoms with Crippen LogP contribution in [0.15, 0.2) is 34.7 Å². The average Bonchev–Trinajstić information content (AvgIpc) is 3.29. The molecule has 2 fully saturated rings. The number of hydrogen-bond acceptors (Lipinski definition) is 7. The fourth-order valence-electron chi connectivity index (χ4n) is 4.34. The Kier molecular flexibility index (Phi) is 6.56. The van der Waals surface area contributed by atoms with Crippen LogP contribution in [-0.2, 0) is 15.7 Å². The van der Waals surface area contributed by atoms with Crippen LogP contribution in [-0.4, -0.2) is 46.2 Å². The first kappa shape index (κ1) is 25.4. The van der Waals surface area contributed by atoms with Crippen LogP contribution in [0.1, 0.15) is 65.5 Å². The third kappa shape index (κ3) is 5.85. The second kappa shape index (κ2) is 9.56. The van der Waals surface area contributed by atoms with Gasteiger partial charge in [-0.15, -0.1) is 23.4 Å². The van der Waals surface area contributed by atoms with Gasteiger partial charge in [-0.3, -0.25) is 9.53 Å². The van der Waals surface area contributed by atoms with Crippen molar-refractivity contribution < 1.29 is 45.0 Å². The molecule has 1 N–H and O–H groups in total. The third-order valence-electron chi connectivity index (χ3n) is 6.34. The topological polar surface area (TPSA) is 99.4 Å². The van der Waals surface area contributed by atoms with Gasteiger partial charge in [0.05, 0.1) is 29.8 Å². The molecule has 14 heteroatoms. The number of nitrogens with zero attached hydrogens (tertiary/aromatic N) is 3. The highest BCUT2D eigenvalue weighted by atomic mass is 19.4. The summed E-state index contributed by atoms with van der Waals surface area (Å²) in [7, 11) is 0. The van der Waals surface area contributed by atoms with E-state index >= 15 is 0 Å². The molecule has 198 valence electrons. The van der Waals surface area contributed by atoms with Crippen LogP contribution in [0, 0.1) is 0 Å². The van der Waals surface area contributed by atoms with Gasteiger partial charge in [-0.05, 0) is 49.9 Å². The standard InChI is InChI=1S/C23H20F6N4O4/c24-22(25,26)13-2-5-16-11(7-13)1-4-17(31-16)19(34)30-14-3-6-18(35-10-14)21-33-32-20(36-21)12-8-15(9-12)37-23(27,28)29/h1-2,4-5,7,12,14-15,18H,3,6,8-10H2,(H,30,34)/t12?,14-,15?,18+/m1/s1. The van der Waals surface area contributed by atoms with Crippen molar-refractivity contribution in [3.8, 4) is 0 Å². The van der Waals surface area contributed by atoms with E-state index in [2.05, 4.69) is 25.2 Å². The number of carbonyl (C=O) groups excluding carboxylic acids is 1. The summed E-state index contributed by atoms with van der Waals surface area (Å²) in [5.41, 5.74) is -0.478. The van der Waals surface area contributed by atoms with Crippen LogP contribution in [0.4, 0.5) is 26.3 Å². The summed E-state index contributed by atoms with van der Waals surface area (Å²) < 4.78 is 90.8. The largest absolute Gasteiger partial charge is 0.522 e. The number of ether oxygens (including phenoxy) is 2. The van der Waals surface area contributed by atoms with Crippen molar-refractivity contribution in [1.29, 1.82) is 0 Å². The molecule has 0 spiro atoms. The summed E-state index contributed by atoms with van der Waals surface area (Å²) in [5.74, 6) is -0.344. The lowest BCUT2D eigenvalue weighted by molar-refractivity contribution is -0.352. The van der Waals surface area contributed by atoms with E-state index in [0.717, 1.165) is 12.1 Å². The van der Waals surface area contributed by atoms with Crippen molar-refractivity contribution >= 4 is 16.8 Å². The number of halogens is 6. The van der Waals surface area contributed by atoms with E-state index in [9.17, 15) is 31.1 Å². The zero-order valence-corrected chi connectivity index (χ0v) is 19.0. The number of fused-ring (bicyclic) bond motifs is 1. The predicted octanol–water partition coefficient (Wildman–Crippen LogP) is 5.07. The molecule has 1 aliphatic heterocycles. The van der Waals surface area contributed by atoms with Crippen LogP contribution in [0.3, 0.4) is 0 Å². The minimum absolute atomic E-state index is 0.0595. The summed E-state index contributed by atoms with van der Waals surface area (Å²) in [4.78, 5) is 16.8. The normalized spacial score (nSPS) is 24.6. The van der Waals surface area contributed by atoms with Gasteiger partial charge in [-0.25, -0.2) is 4.98 Å². The molecule has 1 aliphatic carbocycles. The number of alkyl halides is 6. The molecular weight excluding hydrogens is 510 g/mol. The summed E-state index contributed by atoms with van der Waals surface area (Å²) in [6, 6.07) is 5.52. The van der Waals surface area contributed by atoms with E-state index in [4.69, 9.17) is 9.15 Å². The minimum atomic E-state index is -4.68. The molecular formula is C23H20F6N4O4. The number of aromatic nitrogens is 3. The van der Waals surface area contributed by atoms with Crippen molar-refractivity contribution in [2.24, 2.45) is 0 Å². The molecule has 3 heterocycles. The Bertz CT molecular complexity index is 1280. The van der Waals surface area contributed by atoms with Gasteiger partial charge in [0.25, 0.3) is 5.91 Å². The summed E-state index contributed by atoms with van der Waals surface area (Å²) >= 11 is 0. The first-order valence-corrected chi connectivity index (χ1v) is 11.4. The van der Waals surface area contributed by atoms with E-state index in [1.807, 2.05) is 0 Å². The molecule has 5 rings (SSSR count). The SMILES string of the molecule is O=C(N[C@@H]1CC[C@@H](c2nnc(C3CC(OC(F)(F)F)C3)o2)OC1)c1ccc2cc(C(F)(F)F)ccc2n1. The predicted molar refractivity (Wildman–Crippen MR) is 113 cm³/mol. The van der Waals surface area contributed by atoms with E-state index < -0.39 is 36.2 Å². The molecule has 1 amide bonds. The number of nitrogens with one attached hydrogen (secondary N) is 1. The maximum absolute atomic E-state index is 12.9. The van der Waals surface area contributed by atoms with E-state index in [1.54, 1.807) is 0 Å². The van der Waals surface area contributed by atoms with Crippen molar-refractivity contribution in [2.45, 2.75) is 62.4 Å². The lowest BCUT2D eigenvalue weighted by Gasteiger charge is -2.33. The number of carbonyl (C=O) groups is 1. The van der Waals surface area contributed by atoms with Crippen molar-refractivity contribution in [3.05, 3.63) is 53.4 Å². The molecule has 2 atom stereocenters. The summed E-state index contributed by atoms with van der Waals surface area (Å²) in [6.45, 7) is 0.140. The maximum Gasteiger partial charge on any atom is 0.522 e. The zero-order chi connectivity index (χ0) is 26.4. The maximum atomic E-state index is 12.9. The Morgan fingerprint density at radius 3 is 2.43 bits per heavy atom. The average molecular weight is 530 g/mol. The summed E-state index contributed by atoms with van der Waals surface area (Å²) in [5, 5.41) is 10.9. The third-order valence-corrected chi connectivity index (χ3v) is 6.34. The minimum Gasteiger partial charge on any atom is -0.422 e. The lowest BCUT2D eigenvalue weighted by atomic mass is 9.82. The Labute approximate surface area is 205 Å². The van der Waals surface area contributed by atoms with Gasteiger partial charge in [-0.1, -0.05) is 6.07 Å². The Balaban J connectivity index is 1.12. The van der Waals surface area contributed by atoms with Crippen LogP contribution in [0.2, 0.25) is 0 Å². The highest BCUT2D eigenvalue weighted by Crippen LogP contribution is 2.41. The van der Waals surface area contributed by atoms with Crippen molar-refractivity contribution in [2.75, 3.05) is 6.61 Å². The van der Waals surface area contributed by atoms with Gasteiger partial charge >= 0.3 is 12.5 Å². The molecule has 1 saturated heterocycles. The highest BCUT2D eigenvalue weighted by Gasteiger charge is 2.43. The van der Waals surface area contributed by atoms with E-state index in [0.29, 0.717) is 12.8 Å². The van der Waals surface area contributed by atoms with Crippen LogP contribution < -0.4 is 5.32 Å². The Morgan fingerprint density at radius 2 is 1.76 bits per heavy atom. The Morgan fingerprint density at radius 1 is 1.00 bits per heavy atom. The van der Waals surface area contributed by atoms with Crippen LogP contribution in [0.5, 0.6) is 0 Å². The molecule has 1 saturated carbocycles. The van der Waals surface area contributed by atoms with Gasteiger partial charge in [0.1, 0.15) is 11.8 Å². The number of rotatable bonds is 5. The monoisotopic (exact) mass is 530 g/mol. The summed E-state index contributed by atoms with van der Waals surface area (Å²) in [6.07, 6.45) is -9.37. The first-order chi connectivity index (χ1) is 17.4. The number of benzene rings is 1. The van der Waals surface area contributed by atoms with Crippen molar-refractivity contribution in [3.63, 3.8) is 0 Å². The van der Waals surface area contributed by atoms with E-state index in [1.165, 1.54) is 18.2 Å². The highest BCUT2D eigenvalue weighted by molar-refractivity contribution is 5.95. The molecule has 1 aromatic carbocycles. The van der Waals surface area contributed by atoms with Gasteiger partial charge in [0, 0.05) is 11.3 Å². The molecule has 8 nitrogen and oxygen atoms in total. The van der Waals surface area contributed by atoms with Crippen LogP contribution in [0.25, 0.3) is 10.9 Å². The van der Waals surface area contributed by atoms with E-state index in [-0.39, 0.29) is 59.8 Å². The second-order valence-electron chi connectivity index (χ2n) is 9.00. The van der Waals surface area contributed by atoms with Gasteiger partial charge in [0.2, 0.25) is 11.8 Å². The molecule has 0 unspecified atom stereocenters. The first-order valence-electron chi connectivity index (χ1n) is 11.4. The quantitative estimate of drug-likeness (QED) is 0.460. The zero-order valence-electron chi connectivity index (χ0n) is 19.0. The van der Waals surface area contributed by atoms with Crippen molar-refractivity contribution in [1.82, 2.24) is 20.5 Å². The van der Waals surface area contributed by atoms with Crippen LogP contribution >= 0.6 is 0 Å². The molecule has 2 aliphatic rings.